The highest BCUT2D eigenvalue weighted by Gasteiger charge is 2.42. The lowest BCUT2D eigenvalue weighted by molar-refractivity contribution is -0.157. The minimum absolute atomic E-state index is 0.0641. The quantitative estimate of drug-likeness (QED) is 0.810. The van der Waals surface area contributed by atoms with Crippen molar-refractivity contribution in [1.82, 2.24) is 15.1 Å². The van der Waals surface area contributed by atoms with Crippen molar-refractivity contribution in [3.8, 4) is 0 Å². The molecule has 2 fully saturated rings. The topological polar surface area (TPSA) is 52.7 Å². The van der Waals surface area contributed by atoms with Gasteiger partial charge < -0.3 is 15.1 Å². The molecule has 0 unspecified atom stereocenters. The molecular formula is C12H18F3N3O2. The Labute approximate surface area is 115 Å². The van der Waals surface area contributed by atoms with Gasteiger partial charge in [-0.3, -0.25) is 9.59 Å². The number of amides is 2. The van der Waals surface area contributed by atoms with Crippen LogP contribution in [0.3, 0.4) is 0 Å². The van der Waals surface area contributed by atoms with Crippen molar-refractivity contribution in [2.75, 3.05) is 33.2 Å². The normalized spacial score (nSPS) is 27.2. The molecule has 2 saturated heterocycles. The summed E-state index contributed by atoms with van der Waals surface area (Å²) in [6, 6.07) is 0.0641. The van der Waals surface area contributed by atoms with Crippen LogP contribution in [0, 0.1) is 5.92 Å². The number of rotatable bonds is 3. The lowest BCUT2D eigenvalue weighted by Gasteiger charge is -2.26. The Morgan fingerprint density at radius 2 is 2.20 bits per heavy atom. The van der Waals surface area contributed by atoms with Crippen LogP contribution >= 0.6 is 0 Å². The van der Waals surface area contributed by atoms with Crippen LogP contribution in [0.25, 0.3) is 0 Å². The molecule has 1 N–H and O–H groups in total. The first-order valence-corrected chi connectivity index (χ1v) is 6.60. The summed E-state index contributed by atoms with van der Waals surface area (Å²) in [4.78, 5) is 26.1. The smallest absolute Gasteiger partial charge is 0.341 e. The molecule has 2 atom stereocenters. The van der Waals surface area contributed by atoms with Gasteiger partial charge in [0.25, 0.3) is 0 Å². The molecule has 2 amide bonds. The van der Waals surface area contributed by atoms with E-state index in [0.29, 0.717) is 6.54 Å². The van der Waals surface area contributed by atoms with Gasteiger partial charge in [-0.1, -0.05) is 0 Å². The number of alkyl halides is 3. The van der Waals surface area contributed by atoms with Crippen LogP contribution in [0.4, 0.5) is 13.2 Å². The molecule has 114 valence electrons. The number of nitrogens with one attached hydrogen (secondary N) is 1. The second-order valence-electron chi connectivity index (χ2n) is 5.39. The average molecular weight is 293 g/mol. The zero-order chi connectivity index (χ0) is 14.9. The number of likely N-dealkylation sites (N-methyl/N-ethyl adjacent to an activating group) is 1. The number of hydrogen-bond donors (Lipinski definition) is 1. The Morgan fingerprint density at radius 1 is 1.50 bits per heavy atom. The molecule has 2 aliphatic heterocycles. The van der Waals surface area contributed by atoms with Crippen molar-refractivity contribution in [3.63, 3.8) is 0 Å². The molecule has 8 heteroatoms. The van der Waals surface area contributed by atoms with Gasteiger partial charge in [-0.2, -0.15) is 13.2 Å². The molecule has 5 nitrogen and oxygen atoms in total. The molecule has 0 spiro atoms. The van der Waals surface area contributed by atoms with Crippen molar-refractivity contribution in [2.45, 2.75) is 25.1 Å². The van der Waals surface area contributed by atoms with E-state index in [1.54, 1.807) is 11.9 Å². The van der Waals surface area contributed by atoms with Crippen LogP contribution in [0.2, 0.25) is 0 Å². The van der Waals surface area contributed by atoms with Crippen molar-refractivity contribution < 1.29 is 22.8 Å². The van der Waals surface area contributed by atoms with Crippen LogP contribution in [0.15, 0.2) is 0 Å². The lowest BCUT2D eigenvalue weighted by atomic mass is 10.1. The largest absolute Gasteiger partial charge is 0.406 e. The van der Waals surface area contributed by atoms with Crippen molar-refractivity contribution >= 4 is 11.8 Å². The molecule has 2 rings (SSSR count). The minimum atomic E-state index is -4.42. The van der Waals surface area contributed by atoms with Crippen molar-refractivity contribution in [3.05, 3.63) is 0 Å². The van der Waals surface area contributed by atoms with E-state index in [0.717, 1.165) is 17.9 Å². The average Bonchev–Trinajstić information content (AvgIpc) is 2.96. The Morgan fingerprint density at radius 3 is 2.75 bits per heavy atom. The van der Waals surface area contributed by atoms with Crippen LogP contribution < -0.4 is 5.32 Å². The van der Waals surface area contributed by atoms with E-state index >= 15 is 0 Å². The van der Waals surface area contributed by atoms with Crippen molar-refractivity contribution in [1.29, 1.82) is 0 Å². The number of likely N-dealkylation sites (tertiary alicyclic amines) is 1. The van der Waals surface area contributed by atoms with Gasteiger partial charge in [0, 0.05) is 32.6 Å². The third-order valence-electron chi connectivity index (χ3n) is 3.86. The summed E-state index contributed by atoms with van der Waals surface area (Å²) in [5.41, 5.74) is 0. The van der Waals surface area contributed by atoms with Crippen LogP contribution in [0.1, 0.15) is 12.8 Å². The molecule has 2 heterocycles. The SMILES string of the molecule is CN(C(=O)[C@H]1CC(=O)N(CC(F)(F)F)C1)[C@H]1CCNC1. The van der Waals surface area contributed by atoms with Gasteiger partial charge in [0.15, 0.2) is 0 Å². The molecule has 0 aromatic heterocycles. The summed E-state index contributed by atoms with van der Waals surface area (Å²) in [6.07, 6.45) is -3.72. The highest BCUT2D eigenvalue weighted by Crippen LogP contribution is 2.25. The number of carbonyl (C=O) groups excluding carboxylic acids is 2. The zero-order valence-corrected chi connectivity index (χ0v) is 11.2. The monoisotopic (exact) mass is 293 g/mol. The Balaban J connectivity index is 1.93. The number of nitrogens with zero attached hydrogens (tertiary/aromatic N) is 2. The molecule has 20 heavy (non-hydrogen) atoms. The second kappa shape index (κ2) is 5.59. The molecule has 2 aliphatic rings. The fourth-order valence-corrected chi connectivity index (χ4v) is 2.74. The van der Waals surface area contributed by atoms with E-state index in [-0.39, 0.29) is 24.9 Å². The third-order valence-corrected chi connectivity index (χ3v) is 3.86. The molecule has 0 aromatic rings. The maximum absolute atomic E-state index is 12.3. The van der Waals surface area contributed by atoms with Crippen LogP contribution in [0.5, 0.6) is 0 Å². The fourth-order valence-electron chi connectivity index (χ4n) is 2.74. The van der Waals surface area contributed by atoms with Gasteiger partial charge in [0.2, 0.25) is 11.8 Å². The summed E-state index contributed by atoms with van der Waals surface area (Å²) in [6.45, 7) is 0.104. The first-order chi connectivity index (χ1) is 9.28. The summed E-state index contributed by atoms with van der Waals surface area (Å²) < 4.78 is 36.9. The van der Waals surface area contributed by atoms with Gasteiger partial charge in [0.05, 0.1) is 5.92 Å². The highest BCUT2D eigenvalue weighted by molar-refractivity contribution is 5.89. The number of carbonyl (C=O) groups is 2. The first-order valence-electron chi connectivity index (χ1n) is 6.60. The van der Waals surface area contributed by atoms with Crippen LogP contribution in [-0.2, 0) is 9.59 Å². The maximum atomic E-state index is 12.3. The molecule has 0 radical (unpaired) electrons. The van der Waals surface area contributed by atoms with E-state index in [2.05, 4.69) is 5.32 Å². The Kier molecular flexibility index (Phi) is 4.22. The number of hydrogen-bond acceptors (Lipinski definition) is 3. The Hall–Kier alpha value is -1.31. The van der Waals surface area contributed by atoms with Crippen molar-refractivity contribution in [2.24, 2.45) is 5.92 Å². The molecule has 0 aromatic carbocycles. The molecule has 0 aliphatic carbocycles. The van der Waals surface area contributed by atoms with Gasteiger partial charge in [-0.15, -0.1) is 0 Å². The van der Waals surface area contributed by atoms with Gasteiger partial charge in [0.1, 0.15) is 6.54 Å². The summed E-state index contributed by atoms with van der Waals surface area (Å²) in [7, 11) is 1.65. The second-order valence-corrected chi connectivity index (χ2v) is 5.39. The lowest BCUT2D eigenvalue weighted by Crippen LogP contribution is -2.43. The minimum Gasteiger partial charge on any atom is -0.341 e. The summed E-state index contributed by atoms with van der Waals surface area (Å²) in [5, 5.41) is 3.13. The van der Waals surface area contributed by atoms with Gasteiger partial charge in [-0.05, 0) is 13.0 Å². The fraction of sp³-hybridized carbons (Fsp3) is 0.833. The standard InChI is InChI=1S/C12H18F3N3O2/c1-17(9-2-3-16-5-9)11(20)8-4-10(19)18(6-8)7-12(13,14)15/h8-9,16H,2-7H2,1H3/t8-,9-/m0/s1. The van der Waals surface area contributed by atoms with E-state index in [4.69, 9.17) is 0 Å². The molecule has 0 saturated carbocycles. The molecule has 0 bridgehead atoms. The van der Waals surface area contributed by atoms with E-state index in [1.807, 2.05) is 0 Å². The van der Waals surface area contributed by atoms with E-state index in [9.17, 15) is 22.8 Å². The maximum Gasteiger partial charge on any atom is 0.406 e. The van der Waals surface area contributed by atoms with Crippen LogP contribution in [-0.4, -0.2) is 67.1 Å². The van der Waals surface area contributed by atoms with E-state index < -0.39 is 24.5 Å². The van der Waals surface area contributed by atoms with Gasteiger partial charge in [-0.25, -0.2) is 0 Å². The van der Waals surface area contributed by atoms with Gasteiger partial charge >= 0.3 is 6.18 Å². The highest BCUT2D eigenvalue weighted by atomic mass is 19.4. The summed E-state index contributed by atoms with van der Waals surface area (Å²) >= 11 is 0. The summed E-state index contributed by atoms with van der Waals surface area (Å²) in [5.74, 6) is -1.49. The first kappa shape index (κ1) is 15.1. The predicted octanol–water partition coefficient (Wildman–Crippen LogP) is 0.218. The Bertz CT molecular complexity index is 394. The zero-order valence-electron chi connectivity index (χ0n) is 11.2. The number of halogens is 3. The third kappa shape index (κ3) is 3.41. The van der Waals surface area contributed by atoms with E-state index in [1.165, 1.54) is 0 Å². The predicted molar refractivity (Wildman–Crippen MR) is 64.8 cm³/mol. The molecular weight excluding hydrogens is 275 g/mol.